The smallest absolute Gasteiger partial charge is 0.185 e. The van der Waals surface area contributed by atoms with E-state index in [2.05, 4.69) is 106 Å². The van der Waals surface area contributed by atoms with Gasteiger partial charge in [-0.1, -0.05) is 56.3 Å². The summed E-state index contributed by atoms with van der Waals surface area (Å²) in [5.41, 5.74) is 8.22. The maximum absolute atomic E-state index is 10.2. The van der Waals surface area contributed by atoms with Gasteiger partial charge in [-0.15, -0.1) is 0 Å². The standard InChI is InChI=1S/C36H49N5OSi/c1-8-27-15-12-16-28(9-2)33(27)34-38-26(3)31(24-40(4)32-19-13-17-29-14-10-11-18-30(29)32)35(39-34)41-22-20-36(25-37,21-23-41)42-43(5,6)7/h10-12,14-16,18,32H,8-9,13,17,19-24H2,1-7H3. The minimum Gasteiger partial charge on any atom is -0.400 e. The van der Waals surface area contributed by atoms with E-state index in [1.165, 1.54) is 39.8 Å². The van der Waals surface area contributed by atoms with Gasteiger partial charge in [0.1, 0.15) is 11.4 Å². The molecule has 2 aliphatic rings. The number of aromatic nitrogens is 2. The predicted octanol–water partition coefficient (Wildman–Crippen LogP) is 7.80. The molecule has 5 rings (SSSR count). The fourth-order valence-corrected chi connectivity index (χ4v) is 8.54. The Labute approximate surface area is 260 Å². The second kappa shape index (κ2) is 12.9. The lowest BCUT2D eigenvalue weighted by Gasteiger charge is -2.42. The molecule has 0 N–H and O–H groups in total. The number of anilines is 1. The van der Waals surface area contributed by atoms with Gasteiger partial charge in [0, 0.05) is 55.3 Å². The zero-order valence-corrected chi connectivity index (χ0v) is 28.3. The van der Waals surface area contributed by atoms with Crippen molar-refractivity contribution in [3.8, 4) is 17.5 Å². The highest BCUT2D eigenvalue weighted by atomic mass is 28.4. The maximum Gasteiger partial charge on any atom is 0.185 e. The fraction of sp³-hybridized carbons (Fsp3) is 0.528. The van der Waals surface area contributed by atoms with Crippen LogP contribution in [0, 0.1) is 18.3 Å². The normalized spacial score (nSPS) is 18.4. The van der Waals surface area contributed by atoms with Crippen molar-refractivity contribution in [1.82, 2.24) is 14.9 Å². The number of piperidine rings is 1. The van der Waals surface area contributed by atoms with Crippen molar-refractivity contribution in [2.75, 3.05) is 25.0 Å². The number of benzene rings is 2. The number of nitrogens with zero attached hydrogens (tertiary/aromatic N) is 5. The Morgan fingerprint density at radius 1 is 1.02 bits per heavy atom. The Balaban J connectivity index is 1.55. The molecule has 2 aromatic carbocycles. The van der Waals surface area contributed by atoms with Gasteiger partial charge in [-0.25, -0.2) is 9.97 Å². The lowest BCUT2D eigenvalue weighted by atomic mass is 9.87. The summed E-state index contributed by atoms with van der Waals surface area (Å²) in [4.78, 5) is 15.5. The molecule has 6 nitrogen and oxygen atoms in total. The third-order valence-corrected chi connectivity index (χ3v) is 10.3. The molecule has 3 aromatic rings. The summed E-state index contributed by atoms with van der Waals surface area (Å²) in [6.45, 7) is 15.4. The van der Waals surface area contributed by atoms with Gasteiger partial charge in [0.2, 0.25) is 0 Å². The zero-order valence-electron chi connectivity index (χ0n) is 27.3. The van der Waals surface area contributed by atoms with Crippen molar-refractivity contribution in [2.45, 2.75) is 104 Å². The first kappa shape index (κ1) is 31.4. The van der Waals surface area contributed by atoms with Crippen LogP contribution in [0.5, 0.6) is 0 Å². The monoisotopic (exact) mass is 595 g/mol. The van der Waals surface area contributed by atoms with Crippen LogP contribution < -0.4 is 4.90 Å². The van der Waals surface area contributed by atoms with Gasteiger partial charge < -0.3 is 9.33 Å². The largest absolute Gasteiger partial charge is 0.400 e. The first-order chi connectivity index (χ1) is 20.6. The van der Waals surface area contributed by atoms with Crippen molar-refractivity contribution in [2.24, 2.45) is 0 Å². The number of aryl methyl sites for hydroxylation is 4. The van der Waals surface area contributed by atoms with Crippen molar-refractivity contribution in [1.29, 1.82) is 5.26 Å². The van der Waals surface area contributed by atoms with E-state index in [0.717, 1.165) is 62.7 Å². The third kappa shape index (κ3) is 6.72. The molecule has 43 heavy (non-hydrogen) atoms. The number of rotatable bonds is 9. The van der Waals surface area contributed by atoms with Crippen LogP contribution in [0.15, 0.2) is 42.5 Å². The number of fused-ring (bicyclic) bond motifs is 1. The molecule has 0 amide bonds. The Morgan fingerprint density at radius 2 is 1.70 bits per heavy atom. The Kier molecular flexibility index (Phi) is 9.41. The average Bonchev–Trinajstić information content (AvgIpc) is 3.00. The fourth-order valence-electron chi connectivity index (χ4n) is 7.12. The molecule has 0 spiro atoms. The predicted molar refractivity (Wildman–Crippen MR) is 179 cm³/mol. The molecular formula is C36H49N5OSi. The minimum absolute atomic E-state index is 0.377. The van der Waals surface area contributed by atoms with E-state index in [1.807, 2.05) is 0 Å². The van der Waals surface area contributed by atoms with Crippen LogP contribution in [0.3, 0.4) is 0 Å². The molecule has 0 bridgehead atoms. The molecule has 1 saturated heterocycles. The van der Waals surface area contributed by atoms with Gasteiger partial charge in [0.15, 0.2) is 14.1 Å². The quantitative estimate of drug-likeness (QED) is 0.235. The van der Waals surface area contributed by atoms with Gasteiger partial charge in [-0.3, -0.25) is 4.90 Å². The first-order valence-electron chi connectivity index (χ1n) is 16.2. The molecule has 1 aliphatic heterocycles. The Morgan fingerprint density at radius 3 is 2.33 bits per heavy atom. The van der Waals surface area contributed by atoms with Crippen LogP contribution in [0.2, 0.25) is 19.6 Å². The van der Waals surface area contributed by atoms with Gasteiger partial charge >= 0.3 is 0 Å². The molecular weight excluding hydrogens is 547 g/mol. The van der Waals surface area contributed by atoms with E-state index in [1.54, 1.807) is 0 Å². The topological polar surface area (TPSA) is 65.3 Å². The zero-order chi connectivity index (χ0) is 30.8. The molecule has 2 heterocycles. The summed E-state index contributed by atoms with van der Waals surface area (Å²) < 4.78 is 6.49. The highest BCUT2D eigenvalue weighted by Gasteiger charge is 2.40. The van der Waals surface area contributed by atoms with E-state index in [4.69, 9.17) is 14.4 Å². The minimum atomic E-state index is -1.88. The lowest BCUT2D eigenvalue weighted by Crippen LogP contribution is -2.50. The lowest BCUT2D eigenvalue weighted by molar-refractivity contribution is 0.0913. The summed E-state index contributed by atoms with van der Waals surface area (Å²) in [5, 5.41) is 10.2. The van der Waals surface area contributed by atoms with Crippen molar-refractivity contribution in [3.05, 3.63) is 76.0 Å². The first-order valence-corrected chi connectivity index (χ1v) is 19.6. The van der Waals surface area contributed by atoms with Crippen molar-refractivity contribution in [3.63, 3.8) is 0 Å². The summed E-state index contributed by atoms with van der Waals surface area (Å²) in [6.07, 6.45) is 6.77. The highest BCUT2D eigenvalue weighted by Crippen LogP contribution is 2.38. The van der Waals surface area contributed by atoms with Crippen molar-refractivity contribution >= 4 is 14.1 Å². The average molecular weight is 596 g/mol. The summed E-state index contributed by atoms with van der Waals surface area (Å²) in [7, 11) is 0.377. The highest BCUT2D eigenvalue weighted by molar-refractivity contribution is 6.69. The maximum atomic E-state index is 10.2. The Bertz CT molecular complexity index is 1460. The third-order valence-electron chi connectivity index (χ3n) is 9.27. The van der Waals surface area contributed by atoms with Crippen LogP contribution in [-0.4, -0.2) is 48.9 Å². The molecule has 1 aromatic heterocycles. The van der Waals surface area contributed by atoms with Crippen LogP contribution >= 0.6 is 0 Å². The molecule has 1 atom stereocenters. The number of hydrogen-bond donors (Lipinski definition) is 0. The summed E-state index contributed by atoms with van der Waals surface area (Å²) in [5.74, 6) is 1.85. The van der Waals surface area contributed by atoms with Crippen LogP contribution in [-0.2, 0) is 30.2 Å². The SMILES string of the molecule is CCc1cccc(CC)c1-c1nc(C)c(CN(C)C2CCCc3ccccc32)c(N2CCC(C#N)(O[Si](C)(C)C)CC2)n1. The van der Waals surface area contributed by atoms with Gasteiger partial charge in [-0.2, -0.15) is 5.26 Å². The van der Waals surface area contributed by atoms with E-state index >= 15 is 0 Å². The second-order valence-electron chi connectivity index (χ2n) is 13.4. The molecule has 1 unspecified atom stereocenters. The molecule has 0 saturated carbocycles. The van der Waals surface area contributed by atoms with Crippen molar-refractivity contribution < 1.29 is 4.43 Å². The molecule has 7 heteroatoms. The van der Waals surface area contributed by atoms with Crippen LogP contribution in [0.25, 0.3) is 11.4 Å². The molecule has 1 fully saturated rings. The van der Waals surface area contributed by atoms with Gasteiger partial charge in [-0.05, 0) is 88.0 Å². The Hall–Kier alpha value is -3.05. The van der Waals surface area contributed by atoms with Gasteiger partial charge in [0.25, 0.3) is 0 Å². The summed E-state index contributed by atoms with van der Waals surface area (Å²) in [6, 6.07) is 18.5. The van der Waals surface area contributed by atoms with E-state index in [0.29, 0.717) is 18.9 Å². The molecule has 1 aliphatic carbocycles. The van der Waals surface area contributed by atoms with Gasteiger partial charge in [0.05, 0.1) is 6.07 Å². The van der Waals surface area contributed by atoms with E-state index in [9.17, 15) is 5.26 Å². The second-order valence-corrected chi connectivity index (χ2v) is 17.9. The van der Waals surface area contributed by atoms with E-state index < -0.39 is 13.9 Å². The molecule has 0 radical (unpaired) electrons. The van der Waals surface area contributed by atoms with Crippen LogP contribution in [0.1, 0.15) is 79.1 Å². The van der Waals surface area contributed by atoms with Crippen LogP contribution in [0.4, 0.5) is 5.82 Å². The number of nitriles is 1. The molecule has 228 valence electrons. The summed E-state index contributed by atoms with van der Waals surface area (Å²) >= 11 is 0. The van der Waals surface area contributed by atoms with E-state index in [-0.39, 0.29) is 0 Å². The number of hydrogen-bond acceptors (Lipinski definition) is 6.